The summed E-state index contributed by atoms with van der Waals surface area (Å²) in [4.78, 5) is 1.13. The van der Waals surface area contributed by atoms with Crippen molar-refractivity contribution in [1.29, 1.82) is 0 Å². The van der Waals surface area contributed by atoms with E-state index >= 15 is 0 Å². The van der Waals surface area contributed by atoms with Crippen molar-refractivity contribution in [2.45, 2.75) is 30.9 Å². The van der Waals surface area contributed by atoms with Crippen LogP contribution in [0, 0.1) is 0 Å². The number of benzene rings is 1. The monoisotopic (exact) mass is 255 g/mol. The fraction of sp³-hybridized carbons (Fsp3) is 0.538. The number of aliphatic hydroxyl groups excluding tert-OH is 1. The number of hydrogen-bond acceptors (Lipinski definition) is 4. The van der Waals surface area contributed by atoms with Crippen molar-refractivity contribution in [3.05, 3.63) is 29.8 Å². The van der Waals surface area contributed by atoms with Gasteiger partial charge < -0.3 is 15.6 Å². The number of aliphatic hydroxyl groups is 1. The van der Waals surface area contributed by atoms with Crippen LogP contribution in [-0.4, -0.2) is 30.2 Å². The zero-order valence-corrected chi connectivity index (χ0v) is 11.2. The second kappa shape index (κ2) is 7.71. The molecule has 0 aromatic heterocycles. The van der Waals surface area contributed by atoms with Gasteiger partial charge in [-0.3, -0.25) is 0 Å². The van der Waals surface area contributed by atoms with Gasteiger partial charge in [0.1, 0.15) is 0 Å². The molecule has 1 aromatic carbocycles. The van der Waals surface area contributed by atoms with Gasteiger partial charge in [-0.2, -0.15) is 0 Å². The molecule has 0 aliphatic rings. The van der Waals surface area contributed by atoms with E-state index in [0.29, 0.717) is 19.0 Å². The van der Waals surface area contributed by atoms with Gasteiger partial charge in [-0.15, -0.1) is 11.8 Å². The lowest BCUT2D eigenvalue weighted by Gasteiger charge is -2.11. The predicted octanol–water partition coefficient (Wildman–Crippen LogP) is 2.20. The Hall–Kier alpha value is -0.550. The third-order valence-electron chi connectivity index (χ3n) is 2.34. The molecule has 0 bridgehead atoms. The van der Waals surface area contributed by atoms with Crippen LogP contribution in [0.15, 0.2) is 29.2 Å². The minimum Gasteiger partial charge on any atom is -0.390 e. The minimum atomic E-state index is -0.418. The highest BCUT2D eigenvalue weighted by Crippen LogP contribution is 2.22. The van der Waals surface area contributed by atoms with Gasteiger partial charge in [0.2, 0.25) is 0 Å². The molecule has 4 heteroatoms. The van der Waals surface area contributed by atoms with Gasteiger partial charge in [0.05, 0.1) is 12.7 Å². The van der Waals surface area contributed by atoms with Gasteiger partial charge in [-0.25, -0.2) is 0 Å². The highest BCUT2D eigenvalue weighted by molar-refractivity contribution is 7.99. The van der Waals surface area contributed by atoms with E-state index in [0.717, 1.165) is 10.5 Å². The normalized spacial score (nSPS) is 14.6. The maximum Gasteiger partial charge on any atom is 0.0867 e. The van der Waals surface area contributed by atoms with Crippen LogP contribution in [0.1, 0.15) is 25.5 Å². The standard InChI is InChI=1S/C13H21NO2S/c1-3-16-8-12(15)9-17-13-6-4-5-11(7-13)10(2)14/h4-7,10,12,15H,3,8-9,14H2,1-2H3. The first-order valence-corrected chi connectivity index (χ1v) is 6.86. The second-order valence-electron chi connectivity index (χ2n) is 3.99. The molecule has 0 amide bonds. The van der Waals surface area contributed by atoms with E-state index in [4.69, 9.17) is 10.5 Å². The third kappa shape index (κ3) is 5.55. The van der Waals surface area contributed by atoms with E-state index in [2.05, 4.69) is 6.07 Å². The van der Waals surface area contributed by atoms with Crippen molar-refractivity contribution in [1.82, 2.24) is 0 Å². The molecule has 0 saturated carbocycles. The van der Waals surface area contributed by atoms with Gasteiger partial charge in [0.15, 0.2) is 0 Å². The Morgan fingerprint density at radius 1 is 1.47 bits per heavy atom. The molecule has 0 heterocycles. The molecule has 17 heavy (non-hydrogen) atoms. The van der Waals surface area contributed by atoms with Gasteiger partial charge in [0.25, 0.3) is 0 Å². The van der Waals surface area contributed by atoms with E-state index in [1.54, 1.807) is 11.8 Å². The molecule has 0 saturated heterocycles. The summed E-state index contributed by atoms with van der Waals surface area (Å²) < 4.78 is 5.16. The molecule has 0 aliphatic heterocycles. The lowest BCUT2D eigenvalue weighted by molar-refractivity contribution is 0.0551. The predicted molar refractivity (Wildman–Crippen MR) is 72.3 cm³/mol. The highest BCUT2D eigenvalue weighted by atomic mass is 32.2. The summed E-state index contributed by atoms with van der Waals surface area (Å²) in [6.45, 7) is 4.93. The zero-order valence-electron chi connectivity index (χ0n) is 10.4. The van der Waals surface area contributed by atoms with Crippen LogP contribution in [0.2, 0.25) is 0 Å². The number of thioether (sulfide) groups is 1. The van der Waals surface area contributed by atoms with Crippen molar-refractivity contribution < 1.29 is 9.84 Å². The average molecular weight is 255 g/mol. The summed E-state index contributed by atoms with van der Waals surface area (Å²) in [7, 11) is 0. The van der Waals surface area contributed by atoms with Gasteiger partial charge >= 0.3 is 0 Å². The lowest BCUT2D eigenvalue weighted by Crippen LogP contribution is -2.17. The fourth-order valence-electron chi connectivity index (χ4n) is 1.38. The van der Waals surface area contributed by atoms with Crippen LogP contribution < -0.4 is 5.73 Å². The van der Waals surface area contributed by atoms with Crippen LogP contribution in [0.5, 0.6) is 0 Å². The first-order valence-electron chi connectivity index (χ1n) is 5.87. The van der Waals surface area contributed by atoms with E-state index in [9.17, 15) is 5.11 Å². The average Bonchev–Trinajstić information content (AvgIpc) is 2.34. The zero-order chi connectivity index (χ0) is 12.7. The summed E-state index contributed by atoms with van der Waals surface area (Å²) in [6, 6.07) is 8.16. The van der Waals surface area contributed by atoms with Crippen LogP contribution in [-0.2, 0) is 4.74 Å². The molecule has 0 aliphatic carbocycles. The van der Waals surface area contributed by atoms with Crippen LogP contribution in [0.25, 0.3) is 0 Å². The molecule has 1 aromatic rings. The molecule has 96 valence electrons. The molecule has 0 spiro atoms. The van der Waals surface area contributed by atoms with E-state index in [1.807, 2.05) is 32.0 Å². The van der Waals surface area contributed by atoms with Crippen molar-refractivity contribution in [3.8, 4) is 0 Å². The second-order valence-corrected chi connectivity index (χ2v) is 5.08. The largest absolute Gasteiger partial charge is 0.390 e. The Kier molecular flexibility index (Phi) is 6.58. The third-order valence-corrected chi connectivity index (χ3v) is 3.48. The van der Waals surface area contributed by atoms with Crippen molar-refractivity contribution in [2.24, 2.45) is 5.73 Å². The first kappa shape index (κ1) is 14.5. The Bertz CT molecular complexity index is 331. The molecule has 1 rings (SSSR count). The van der Waals surface area contributed by atoms with E-state index in [1.165, 1.54) is 0 Å². The molecular weight excluding hydrogens is 234 g/mol. The summed E-state index contributed by atoms with van der Waals surface area (Å²) in [6.07, 6.45) is -0.418. The molecule has 3 nitrogen and oxygen atoms in total. The summed E-state index contributed by atoms with van der Waals surface area (Å²) in [5.41, 5.74) is 6.95. The number of ether oxygens (including phenoxy) is 1. The molecule has 2 unspecified atom stereocenters. The summed E-state index contributed by atoms with van der Waals surface area (Å²) >= 11 is 1.62. The van der Waals surface area contributed by atoms with Crippen LogP contribution in [0.3, 0.4) is 0 Å². The Morgan fingerprint density at radius 2 is 2.24 bits per heavy atom. The molecular formula is C13H21NO2S. The maximum atomic E-state index is 9.65. The number of hydrogen-bond donors (Lipinski definition) is 2. The van der Waals surface area contributed by atoms with Crippen molar-refractivity contribution >= 4 is 11.8 Å². The molecule has 2 atom stereocenters. The summed E-state index contributed by atoms with van der Waals surface area (Å²) in [5, 5.41) is 9.65. The first-order chi connectivity index (χ1) is 8.13. The SMILES string of the molecule is CCOCC(O)CSc1cccc(C(C)N)c1. The minimum absolute atomic E-state index is 0.0453. The fourth-order valence-corrected chi connectivity index (χ4v) is 2.26. The van der Waals surface area contributed by atoms with Gasteiger partial charge in [-0.05, 0) is 31.5 Å². The van der Waals surface area contributed by atoms with Crippen molar-refractivity contribution in [3.63, 3.8) is 0 Å². The Balaban J connectivity index is 2.43. The van der Waals surface area contributed by atoms with E-state index in [-0.39, 0.29) is 6.04 Å². The Labute approximate surface area is 107 Å². The molecule has 0 fully saturated rings. The molecule has 0 radical (unpaired) electrons. The summed E-state index contributed by atoms with van der Waals surface area (Å²) in [5.74, 6) is 0.641. The van der Waals surface area contributed by atoms with E-state index < -0.39 is 6.10 Å². The molecule has 3 N–H and O–H groups in total. The topological polar surface area (TPSA) is 55.5 Å². The number of nitrogens with two attached hydrogens (primary N) is 1. The lowest BCUT2D eigenvalue weighted by atomic mass is 10.1. The van der Waals surface area contributed by atoms with Crippen LogP contribution >= 0.6 is 11.8 Å². The maximum absolute atomic E-state index is 9.65. The quantitative estimate of drug-likeness (QED) is 0.733. The van der Waals surface area contributed by atoms with Crippen molar-refractivity contribution in [2.75, 3.05) is 19.0 Å². The Morgan fingerprint density at radius 3 is 2.88 bits per heavy atom. The van der Waals surface area contributed by atoms with Gasteiger partial charge in [0, 0.05) is 23.3 Å². The smallest absolute Gasteiger partial charge is 0.0867 e. The number of rotatable bonds is 7. The highest BCUT2D eigenvalue weighted by Gasteiger charge is 2.06. The van der Waals surface area contributed by atoms with Gasteiger partial charge in [-0.1, -0.05) is 12.1 Å². The van der Waals surface area contributed by atoms with Crippen LogP contribution in [0.4, 0.5) is 0 Å².